The summed E-state index contributed by atoms with van der Waals surface area (Å²) < 4.78 is 18.9. The summed E-state index contributed by atoms with van der Waals surface area (Å²) in [5.41, 5.74) is 1.86. The average molecular weight is 273 g/mol. The van der Waals surface area contributed by atoms with Crippen LogP contribution in [0.25, 0.3) is 0 Å². The van der Waals surface area contributed by atoms with Gasteiger partial charge in [-0.25, -0.2) is 4.39 Å². The minimum atomic E-state index is -0.140. The van der Waals surface area contributed by atoms with Gasteiger partial charge < -0.3 is 10.1 Å². The summed E-state index contributed by atoms with van der Waals surface area (Å²) in [6, 6.07) is 15.0. The van der Waals surface area contributed by atoms with E-state index in [-0.39, 0.29) is 11.9 Å². The molecular weight excluding hydrogens is 253 g/mol. The molecule has 20 heavy (non-hydrogen) atoms. The third kappa shape index (κ3) is 3.58. The Bertz CT molecular complexity index is 556. The van der Waals surface area contributed by atoms with Crippen LogP contribution < -0.4 is 10.1 Å². The van der Waals surface area contributed by atoms with E-state index in [4.69, 9.17) is 4.74 Å². The van der Waals surface area contributed by atoms with E-state index in [1.165, 1.54) is 6.07 Å². The normalized spacial score (nSPS) is 12.2. The highest BCUT2D eigenvalue weighted by atomic mass is 19.1. The Labute approximate surface area is 119 Å². The second-order valence-corrected chi connectivity index (χ2v) is 4.76. The van der Waals surface area contributed by atoms with E-state index < -0.39 is 0 Å². The van der Waals surface area contributed by atoms with Crippen molar-refractivity contribution < 1.29 is 9.13 Å². The van der Waals surface area contributed by atoms with Gasteiger partial charge in [0.25, 0.3) is 0 Å². The minimum Gasteiger partial charge on any atom is -0.496 e. The van der Waals surface area contributed by atoms with Gasteiger partial charge in [-0.15, -0.1) is 0 Å². The molecule has 0 aliphatic carbocycles. The Morgan fingerprint density at radius 2 is 1.80 bits per heavy atom. The molecule has 2 rings (SSSR count). The number of hydrogen-bond acceptors (Lipinski definition) is 2. The van der Waals surface area contributed by atoms with Crippen molar-refractivity contribution in [2.75, 3.05) is 13.7 Å². The largest absolute Gasteiger partial charge is 0.496 e. The first kappa shape index (κ1) is 14.5. The van der Waals surface area contributed by atoms with Crippen LogP contribution in [0, 0.1) is 5.82 Å². The fourth-order valence-electron chi connectivity index (χ4n) is 2.26. The first-order valence-electron chi connectivity index (χ1n) is 6.82. The van der Waals surface area contributed by atoms with Crippen LogP contribution in [0.15, 0.2) is 48.5 Å². The number of methoxy groups -OCH3 is 1. The van der Waals surface area contributed by atoms with Gasteiger partial charge >= 0.3 is 0 Å². The molecule has 1 atom stereocenters. The number of benzene rings is 2. The molecule has 0 aromatic heterocycles. The van der Waals surface area contributed by atoms with Crippen molar-refractivity contribution in [3.63, 3.8) is 0 Å². The molecule has 0 spiro atoms. The highest BCUT2D eigenvalue weighted by molar-refractivity contribution is 5.35. The molecule has 1 N–H and O–H groups in total. The van der Waals surface area contributed by atoms with Crippen LogP contribution in [0.2, 0.25) is 0 Å². The SMILES string of the molecule is COc1ccccc1C(C)NCCc1ccccc1F. The molecular formula is C17H20FNO. The molecule has 3 heteroatoms. The number of para-hydroxylation sites is 1. The molecule has 0 aliphatic heterocycles. The molecule has 0 saturated carbocycles. The Kier molecular flexibility index (Phi) is 5.13. The number of ether oxygens (including phenoxy) is 1. The molecule has 0 saturated heterocycles. The lowest BCUT2D eigenvalue weighted by atomic mass is 10.1. The van der Waals surface area contributed by atoms with Crippen LogP contribution in [-0.2, 0) is 6.42 Å². The van der Waals surface area contributed by atoms with Gasteiger partial charge in [-0.3, -0.25) is 0 Å². The van der Waals surface area contributed by atoms with Crippen LogP contribution in [0.1, 0.15) is 24.1 Å². The van der Waals surface area contributed by atoms with Gasteiger partial charge in [0.1, 0.15) is 11.6 Å². The van der Waals surface area contributed by atoms with E-state index in [2.05, 4.69) is 12.2 Å². The molecule has 0 amide bonds. The van der Waals surface area contributed by atoms with Crippen LogP contribution in [0.4, 0.5) is 4.39 Å². The first-order valence-corrected chi connectivity index (χ1v) is 6.82. The molecule has 1 unspecified atom stereocenters. The predicted octanol–water partition coefficient (Wildman–Crippen LogP) is 3.73. The van der Waals surface area contributed by atoms with E-state index in [1.54, 1.807) is 13.2 Å². The quantitative estimate of drug-likeness (QED) is 0.866. The maximum Gasteiger partial charge on any atom is 0.126 e. The second-order valence-electron chi connectivity index (χ2n) is 4.76. The fourth-order valence-corrected chi connectivity index (χ4v) is 2.26. The van der Waals surface area contributed by atoms with Crippen molar-refractivity contribution in [3.8, 4) is 5.75 Å². The molecule has 2 aromatic carbocycles. The first-order chi connectivity index (χ1) is 9.72. The summed E-state index contributed by atoms with van der Waals surface area (Å²) >= 11 is 0. The zero-order valence-corrected chi connectivity index (χ0v) is 11.9. The van der Waals surface area contributed by atoms with Crippen LogP contribution in [0.5, 0.6) is 5.75 Å². The van der Waals surface area contributed by atoms with Gasteiger partial charge in [0.2, 0.25) is 0 Å². The molecule has 2 nitrogen and oxygen atoms in total. The summed E-state index contributed by atoms with van der Waals surface area (Å²) in [5, 5.41) is 3.40. The van der Waals surface area contributed by atoms with Crippen molar-refractivity contribution >= 4 is 0 Å². The lowest BCUT2D eigenvalue weighted by Gasteiger charge is -2.17. The van der Waals surface area contributed by atoms with E-state index in [1.807, 2.05) is 36.4 Å². The van der Waals surface area contributed by atoms with E-state index >= 15 is 0 Å². The monoisotopic (exact) mass is 273 g/mol. The van der Waals surface area contributed by atoms with Crippen molar-refractivity contribution in [1.29, 1.82) is 0 Å². The smallest absolute Gasteiger partial charge is 0.126 e. The van der Waals surface area contributed by atoms with E-state index in [0.717, 1.165) is 23.4 Å². The Hall–Kier alpha value is -1.87. The van der Waals surface area contributed by atoms with E-state index in [9.17, 15) is 4.39 Å². The van der Waals surface area contributed by atoms with Crippen LogP contribution in [0.3, 0.4) is 0 Å². The summed E-state index contributed by atoms with van der Waals surface area (Å²) in [6.07, 6.45) is 0.673. The zero-order valence-electron chi connectivity index (χ0n) is 11.9. The van der Waals surface area contributed by atoms with Gasteiger partial charge in [0.05, 0.1) is 7.11 Å². The van der Waals surface area contributed by atoms with Crippen molar-refractivity contribution in [1.82, 2.24) is 5.32 Å². The summed E-state index contributed by atoms with van der Waals surface area (Å²) in [4.78, 5) is 0. The van der Waals surface area contributed by atoms with E-state index in [0.29, 0.717) is 6.42 Å². The zero-order chi connectivity index (χ0) is 14.4. The number of hydrogen-bond donors (Lipinski definition) is 1. The maximum absolute atomic E-state index is 13.5. The summed E-state index contributed by atoms with van der Waals surface area (Å²) in [6.45, 7) is 2.80. The standard InChI is InChI=1S/C17H20FNO/c1-13(15-8-4-6-10-17(15)20-2)19-12-11-14-7-3-5-9-16(14)18/h3-10,13,19H,11-12H2,1-2H3. The highest BCUT2D eigenvalue weighted by Crippen LogP contribution is 2.24. The molecule has 2 aromatic rings. The molecule has 0 bridgehead atoms. The third-order valence-corrected chi connectivity index (χ3v) is 3.41. The summed E-state index contributed by atoms with van der Waals surface area (Å²) in [7, 11) is 1.67. The second kappa shape index (κ2) is 7.06. The van der Waals surface area contributed by atoms with Crippen LogP contribution >= 0.6 is 0 Å². The van der Waals surface area contributed by atoms with Gasteiger partial charge in [0, 0.05) is 11.6 Å². The van der Waals surface area contributed by atoms with Crippen LogP contribution in [-0.4, -0.2) is 13.7 Å². The maximum atomic E-state index is 13.5. The molecule has 0 heterocycles. The number of rotatable bonds is 6. The Balaban J connectivity index is 1.92. The third-order valence-electron chi connectivity index (χ3n) is 3.41. The van der Waals surface area contributed by atoms with Crippen molar-refractivity contribution in [3.05, 3.63) is 65.5 Å². The predicted molar refractivity (Wildman–Crippen MR) is 79.5 cm³/mol. The average Bonchev–Trinajstić information content (AvgIpc) is 2.49. The fraction of sp³-hybridized carbons (Fsp3) is 0.294. The lowest BCUT2D eigenvalue weighted by molar-refractivity contribution is 0.402. The molecule has 0 radical (unpaired) electrons. The lowest BCUT2D eigenvalue weighted by Crippen LogP contribution is -2.22. The Morgan fingerprint density at radius 3 is 2.55 bits per heavy atom. The summed E-state index contributed by atoms with van der Waals surface area (Å²) in [5.74, 6) is 0.734. The topological polar surface area (TPSA) is 21.3 Å². The number of halogens is 1. The molecule has 0 aliphatic rings. The minimum absolute atomic E-state index is 0.140. The highest BCUT2D eigenvalue weighted by Gasteiger charge is 2.10. The molecule has 106 valence electrons. The van der Waals surface area contributed by atoms with Crippen molar-refractivity contribution in [2.24, 2.45) is 0 Å². The van der Waals surface area contributed by atoms with Gasteiger partial charge in [0.15, 0.2) is 0 Å². The van der Waals surface area contributed by atoms with Gasteiger partial charge in [-0.2, -0.15) is 0 Å². The molecule has 0 fully saturated rings. The Morgan fingerprint density at radius 1 is 1.10 bits per heavy atom. The number of nitrogens with one attached hydrogen (secondary N) is 1. The van der Waals surface area contributed by atoms with Crippen molar-refractivity contribution in [2.45, 2.75) is 19.4 Å². The van der Waals surface area contributed by atoms with Gasteiger partial charge in [-0.1, -0.05) is 36.4 Å². The van der Waals surface area contributed by atoms with Gasteiger partial charge in [-0.05, 0) is 37.6 Å².